The fraction of sp³-hybridized carbons (Fsp3) is 0.333. The molecular formula is C33H38N4. The lowest BCUT2D eigenvalue weighted by atomic mass is 9.95. The van der Waals surface area contributed by atoms with Gasteiger partial charge < -0.3 is 9.80 Å². The van der Waals surface area contributed by atoms with E-state index in [4.69, 9.17) is 9.97 Å². The van der Waals surface area contributed by atoms with Crippen molar-refractivity contribution in [2.24, 2.45) is 0 Å². The van der Waals surface area contributed by atoms with Crippen molar-refractivity contribution in [3.63, 3.8) is 0 Å². The molecule has 0 aliphatic carbocycles. The summed E-state index contributed by atoms with van der Waals surface area (Å²) < 4.78 is 0. The average molecular weight is 491 g/mol. The Bertz CT molecular complexity index is 1300. The zero-order valence-electron chi connectivity index (χ0n) is 23.1. The molecule has 4 nitrogen and oxygen atoms in total. The van der Waals surface area contributed by atoms with Gasteiger partial charge in [-0.3, -0.25) is 0 Å². The lowest BCUT2D eigenvalue weighted by Crippen LogP contribution is -2.31. The van der Waals surface area contributed by atoms with E-state index in [0.29, 0.717) is 0 Å². The summed E-state index contributed by atoms with van der Waals surface area (Å²) in [6, 6.07) is 17.7. The van der Waals surface area contributed by atoms with Gasteiger partial charge in [0.2, 0.25) is 0 Å². The molecule has 0 amide bonds. The normalized spacial score (nSPS) is 14.1. The molecule has 5 rings (SSSR count). The maximum absolute atomic E-state index is 4.87. The summed E-state index contributed by atoms with van der Waals surface area (Å²) in [5.74, 6) is 2.11. The Balaban J connectivity index is 1.27. The minimum atomic E-state index is 0.939. The number of anilines is 2. The topological polar surface area (TPSA) is 32.3 Å². The summed E-state index contributed by atoms with van der Waals surface area (Å²) >= 11 is 0. The van der Waals surface area contributed by atoms with Crippen molar-refractivity contribution in [1.29, 1.82) is 0 Å². The molecule has 4 aromatic rings. The Kier molecular flexibility index (Phi) is 7.01. The van der Waals surface area contributed by atoms with Gasteiger partial charge in [-0.2, -0.15) is 0 Å². The molecule has 2 aromatic carbocycles. The third-order valence-corrected chi connectivity index (χ3v) is 8.38. The van der Waals surface area contributed by atoms with E-state index >= 15 is 0 Å². The van der Waals surface area contributed by atoms with Gasteiger partial charge in [0.1, 0.15) is 11.6 Å². The highest BCUT2D eigenvalue weighted by Crippen LogP contribution is 2.30. The molecule has 0 bridgehead atoms. The second-order valence-corrected chi connectivity index (χ2v) is 10.5. The van der Waals surface area contributed by atoms with Crippen molar-refractivity contribution in [3.05, 3.63) is 94.3 Å². The number of aryl methyl sites for hydroxylation is 2. The molecule has 0 N–H and O–H groups in total. The van der Waals surface area contributed by atoms with Crippen molar-refractivity contribution in [1.82, 2.24) is 9.97 Å². The summed E-state index contributed by atoms with van der Waals surface area (Å²) in [6.45, 7) is 17.0. The van der Waals surface area contributed by atoms with Gasteiger partial charge in [0, 0.05) is 49.7 Å². The van der Waals surface area contributed by atoms with E-state index in [1.165, 1.54) is 55.6 Å². The van der Waals surface area contributed by atoms with Crippen LogP contribution >= 0.6 is 0 Å². The van der Waals surface area contributed by atoms with Gasteiger partial charge in [0.25, 0.3) is 0 Å². The molecule has 2 aromatic heterocycles. The second-order valence-electron chi connectivity index (χ2n) is 10.5. The molecule has 0 spiro atoms. The van der Waals surface area contributed by atoms with Gasteiger partial charge in [0.15, 0.2) is 0 Å². The molecule has 0 atom stereocenters. The van der Waals surface area contributed by atoms with Crippen molar-refractivity contribution < 1.29 is 0 Å². The molecule has 1 aliphatic heterocycles. The summed E-state index contributed by atoms with van der Waals surface area (Å²) in [7, 11) is 0. The summed E-state index contributed by atoms with van der Waals surface area (Å²) in [4.78, 5) is 14.6. The van der Waals surface area contributed by atoms with Crippen molar-refractivity contribution >= 4 is 11.6 Å². The summed E-state index contributed by atoms with van der Waals surface area (Å²) in [6.07, 6.45) is 5.15. The quantitative estimate of drug-likeness (QED) is 0.299. The summed E-state index contributed by atoms with van der Waals surface area (Å²) in [5.41, 5.74) is 13.0. The maximum atomic E-state index is 4.87. The fourth-order valence-electron chi connectivity index (χ4n) is 5.38. The predicted molar refractivity (Wildman–Crippen MR) is 157 cm³/mol. The van der Waals surface area contributed by atoms with Gasteiger partial charge in [-0.15, -0.1) is 0 Å². The van der Waals surface area contributed by atoms with Crippen molar-refractivity contribution in [3.8, 4) is 22.3 Å². The Hall–Kier alpha value is -3.66. The predicted octanol–water partition coefficient (Wildman–Crippen LogP) is 7.38. The highest BCUT2D eigenvalue weighted by atomic mass is 15.3. The van der Waals surface area contributed by atoms with Crippen LogP contribution in [-0.4, -0.2) is 36.1 Å². The molecule has 0 saturated carbocycles. The number of aromatic nitrogens is 2. The number of benzene rings is 2. The minimum absolute atomic E-state index is 0.939. The van der Waals surface area contributed by atoms with Gasteiger partial charge in [-0.25, -0.2) is 9.97 Å². The molecule has 0 radical (unpaired) electrons. The van der Waals surface area contributed by atoms with Gasteiger partial charge in [0.05, 0.1) is 0 Å². The SMILES string of the molecule is Cc1ccc(-c2ccc(N3CCCN(c4ccc(-c5ccc(C)c(C)c5C)cn4)CC3)nc2)c(C)c1C. The zero-order valence-corrected chi connectivity index (χ0v) is 23.1. The molecule has 37 heavy (non-hydrogen) atoms. The van der Waals surface area contributed by atoms with Gasteiger partial charge >= 0.3 is 0 Å². The monoisotopic (exact) mass is 490 g/mol. The second kappa shape index (κ2) is 10.4. The van der Waals surface area contributed by atoms with E-state index in [9.17, 15) is 0 Å². The van der Waals surface area contributed by atoms with E-state index in [0.717, 1.165) is 44.2 Å². The minimum Gasteiger partial charge on any atom is -0.355 e. The number of pyridine rings is 2. The lowest BCUT2D eigenvalue weighted by molar-refractivity contribution is 0.794. The number of hydrogen-bond donors (Lipinski definition) is 0. The zero-order chi connectivity index (χ0) is 26.1. The highest BCUT2D eigenvalue weighted by Gasteiger charge is 2.18. The first kappa shape index (κ1) is 25.0. The first-order chi connectivity index (χ1) is 17.8. The molecule has 0 unspecified atom stereocenters. The van der Waals surface area contributed by atoms with Crippen LogP contribution in [-0.2, 0) is 0 Å². The molecule has 190 valence electrons. The van der Waals surface area contributed by atoms with E-state index in [1.54, 1.807) is 0 Å². The molecule has 3 heterocycles. The fourth-order valence-corrected chi connectivity index (χ4v) is 5.38. The lowest BCUT2D eigenvalue weighted by Gasteiger charge is -2.24. The van der Waals surface area contributed by atoms with E-state index in [-0.39, 0.29) is 0 Å². The Morgan fingerprint density at radius 3 is 1.30 bits per heavy atom. The third-order valence-electron chi connectivity index (χ3n) is 8.38. The van der Waals surface area contributed by atoms with Crippen LogP contribution in [0.25, 0.3) is 22.3 Å². The molecule has 1 saturated heterocycles. The van der Waals surface area contributed by atoms with Crippen molar-refractivity contribution in [2.75, 3.05) is 36.0 Å². The van der Waals surface area contributed by atoms with Crippen molar-refractivity contribution in [2.45, 2.75) is 48.0 Å². The smallest absolute Gasteiger partial charge is 0.128 e. The largest absolute Gasteiger partial charge is 0.355 e. The Morgan fingerprint density at radius 2 is 0.919 bits per heavy atom. The van der Waals surface area contributed by atoms with Crippen LogP contribution in [0.1, 0.15) is 39.8 Å². The summed E-state index contributed by atoms with van der Waals surface area (Å²) in [5, 5.41) is 0. The van der Waals surface area contributed by atoms with Gasteiger partial charge in [-0.05, 0) is 117 Å². The number of hydrogen-bond acceptors (Lipinski definition) is 4. The van der Waals surface area contributed by atoms with Crippen LogP contribution in [0.3, 0.4) is 0 Å². The van der Waals surface area contributed by atoms with E-state index in [2.05, 4.69) is 99.9 Å². The standard InChI is InChI=1S/C33H38N4/c1-22-8-12-30(26(5)24(22)3)28-10-14-32(34-20-28)36-16-7-17-37(19-18-36)33-15-11-29(21-35-33)31-13-9-23(2)25(4)27(31)6/h8-15,20-21H,7,16-19H2,1-6H3. The molecular weight excluding hydrogens is 452 g/mol. The van der Waals surface area contributed by atoms with E-state index < -0.39 is 0 Å². The van der Waals surface area contributed by atoms with Crippen LogP contribution in [0.4, 0.5) is 11.6 Å². The molecule has 1 aliphatic rings. The van der Waals surface area contributed by atoms with E-state index in [1.807, 2.05) is 12.4 Å². The van der Waals surface area contributed by atoms with Crippen LogP contribution < -0.4 is 9.80 Å². The maximum Gasteiger partial charge on any atom is 0.128 e. The average Bonchev–Trinajstić information content (AvgIpc) is 3.17. The van der Waals surface area contributed by atoms with Crippen LogP contribution in [0.15, 0.2) is 60.9 Å². The molecule has 4 heteroatoms. The Morgan fingerprint density at radius 1 is 0.486 bits per heavy atom. The third kappa shape index (κ3) is 4.98. The number of nitrogens with zero attached hydrogens (tertiary/aromatic N) is 4. The van der Waals surface area contributed by atoms with Crippen LogP contribution in [0, 0.1) is 41.5 Å². The van der Waals surface area contributed by atoms with Gasteiger partial charge in [-0.1, -0.05) is 24.3 Å². The molecule has 1 fully saturated rings. The van der Waals surface area contributed by atoms with Crippen LogP contribution in [0.2, 0.25) is 0 Å². The van der Waals surface area contributed by atoms with Crippen LogP contribution in [0.5, 0.6) is 0 Å². The first-order valence-corrected chi connectivity index (χ1v) is 13.4. The highest BCUT2D eigenvalue weighted by molar-refractivity contribution is 5.70. The Labute approximate surface area is 222 Å². The number of rotatable bonds is 4. The first-order valence-electron chi connectivity index (χ1n) is 13.4.